The second-order valence-electron chi connectivity index (χ2n) is 9.91. The number of nitrogen functional groups attached to an aromatic ring is 1. The monoisotopic (exact) mass is 475 g/mol. The molecular weight excluding hydrogens is 452 g/mol. The van der Waals surface area contributed by atoms with Crippen molar-refractivity contribution in [1.82, 2.24) is 19.3 Å². The zero-order valence-electron chi connectivity index (χ0n) is 19.0. The van der Waals surface area contributed by atoms with Gasteiger partial charge in [-0.05, 0) is 54.5 Å². The van der Waals surface area contributed by atoms with Crippen molar-refractivity contribution in [1.29, 1.82) is 0 Å². The molecule has 9 heteroatoms. The molecule has 0 bridgehead atoms. The minimum Gasteiger partial charge on any atom is -0.382 e. The van der Waals surface area contributed by atoms with Crippen LogP contribution in [0.3, 0.4) is 0 Å². The molecule has 2 aromatic carbocycles. The average Bonchev–Trinajstić information content (AvgIpc) is 3.42. The number of rotatable bonds is 2. The largest absolute Gasteiger partial charge is 0.382 e. The summed E-state index contributed by atoms with van der Waals surface area (Å²) < 4.78 is 38.1. The van der Waals surface area contributed by atoms with Crippen molar-refractivity contribution < 1.29 is 18.3 Å². The molecule has 1 saturated heterocycles. The van der Waals surface area contributed by atoms with E-state index in [9.17, 15) is 9.18 Å². The number of anilines is 1. The lowest BCUT2D eigenvalue weighted by Crippen LogP contribution is -2.50. The van der Waals surface area contributed by atoms with Gasteiger partial charge in [0.05, 0.1) is 47.4 Å². The summed E-state index contributed by atoms with van der Waals surface area (Å²) in [5.74, 6) is -0.860. The number of hydrogen-bond donors (Lipinski definition) is 1. The van der Waals surface area contributed by atoms with Gasteiger partial charge in [-0.2, -0.15) is 0 Å². The number of fused-ring (bicyclic) bond motifs is 6. The fraction of sp³-hybridized carbons (Fsp3) is 0.346. The Morgan fingerprint density at radius 1 is 1.11 bits per heavy atom. The van der Waals surface area contributed by atoms with E-state index in [1.807, 2.05) is 13.0 Å². The van der Waals surface area contributed by atoms with E-state index < -0.39 is 17.8 Å². The van der Waals surface area contributed by atoms with Gasteiger partial charge in [0.1, 0.15) is 23.0 Å². The van der Waals surface area contributed by atoms with Crippen molar-refractivity contribution in [3.63, 3.8) is 0 Å². The molecule has 1 aliphatic heterocycles. The van der Waals surface area contributed by atoms with Gasteiger partial charge in [0.2, 0.25) is 0 Å². The Kier molecular flexibility index (Phi) is 4.27. The lowest BCUT2D eigenvalue weighted by Gasteiger charge is -2.41. The van der Waals surface area contributed by atoms with Crippen molar-refractivity contribution in [3.05, 3.63) is 70.7 Å². The van der Waals surface area contributed by atoms with Crippen molar-refractivity contribution in [2.24, 2.45) is 0 Å². The maximum absolute atomic E-state index is 15.3. The Morgan fingerprint density at radius 3 is 2.74 bits per heavy atom. The number of carbonyl (C=O) groups is 1. The summed E-state index contributed by atoms with van der Waals surface area (Å²) >= 11 is 0. The quantitative estimate of drug-likeness (QED) is 0.471. The third-order valence-corrected chi connectivity index (χ3v) is 7.52. The Bertz CT molecular complexity index is 1550. The smallest absolute Gasteiger partial charge is 0.257 e. The molecule has 0 radical (unpaired) electrons. The van der Waals surface area contributed by atoms with Crippen molar-refractivity contribution >= 4 is 28.3 Å². The Hall–Kier alpha value is -3.59. The first-order valence-corrected chi connectivity index (χ1v) is 11.9. The van der Waals surface area contributed by atoms with Gasteiger partial charge in [-0.15, -0.1) is 0 Å². The fourth-order valence-corrected chi connectivity index (χ4v) is 5.79. The fourth-order valence-electron chi connectivity index (χ4n) is 5.79. The van der Waals surface area contributed by atoms with E-state index in [1.165, 1.54) is 12.1 Å². The number of benzene rings is 2. The van der Waals surface area contributed by atoms with E-state index in [2.05, 4.69) is 9.97 Å². The van der Waals surface area contributed by atoms with Gasteiger partial charge in [0.15, 0.2) is 0 Å². The first kappa shape index (κ1) is 20.8. The minimum atomic E-state index is -0.682. The van der Waals surface area contributed by atoms with Crippen LogP contribution >= 0.6 is 0 Å². The highest BCUT2D eigenvalue weighted by Crippen LogP contribution is 2.47. The molecule has 3 aliphatic rings. The number of amides is 1. The van der Waals surface area contributed by atoms with E-state index in [1.54, 1.807) is 27.9 Å². The summed E-state index contributed by atoms with van der Waals surface area (Å²) in [5.41, 5.74) is 9.86. The van der Waals surface area contributed by atoms with Crippen LogP contribution < -0.4 is 5.73 Å². The molecule has 4 aromatic rings. The standard InChI is InChI=1S/C26H23F2N5O2/c1-12-10-32(24-16-6-18(27)15(13-2-3-13)4-14(16)5-23(24)35-12)26(34)17-7-21-20(8-19(17)28)31-25(29)22-9-30-11-33(21)22/h4,6-9,11-13,23-24H,2-3,5,10H2,1H3,(H2,29,31)/t12-,23+,24-/m0/s1. The predicted octanol–water partition coefficient (Wildman–Crippen LogP) is 4.15. The predicted molar refractivity (Wildman–Crippen MR) is 125 cm³/mol. The van der Waals surface area contributed by atoms with Crippen LogP contribution in [0.2, 0.25) is 0 Å². The van der Waals surface area contributed by atoms with E-state index in [0.29, 0.717) is 23.0 Å². The Balaban J connectivity index is 1.33. The summed E-state index contributed by atoms with van der Waals surface area (Å²) in [6.07, 6.45) is 5.22. The van der Waals surface area contributed by atoms with Crippen LogP contribution in [0.1, 0.15) is 58.8 Å². The number of imidazole rings is 1. The van der Waals surface area contributed by atoms with Crippen LogP contribution in [0.5, 0.6) is 0 Å². The highest BCUT2D eigenvalue weighted by molar-refractivity contribution is 5.99. The number of nitrogens with zero attached hydrogens (tertiary/aromatic N) is 4. The number of carbonyl (C=O) groups excluding carboxylic acids is 1. The third-order valence-electron chi connectivity index (χ3n) is 7.52. The lowest BCUT2D eigenvalue weighted by atomic mass is 9.99. The zero-order chi connectivity index (χ0) is 24.0. The van der Waals surface area contributed by atoms with Crippen LogP contribution in [0.25, 0.3) is 16.6 Å². The van der Waals surface area contributed by atoms with Crippen molar-refractivity contribution in [3.8, 4) is 0 Å². The second kappa shape index (κ2) is 7.21. The van der Waals surface area contributed by atoms with Gasteiger partial charge in [0.25, 0.3) is 5.91 Å². The van der Waals surface area contributed by atoms with Crippen molar-refractivity contribution in [2.45, 2.75) is 50.4 Å². The zero-order valence-corrected chi connectivity index (χ0v) is 19.0. The van der Waals surface area contributed by atoms with Gasteiger partial charge < -0.3 is 15.4 Å². The number of morpholine rings is 1. The lowest BCUT2D eigenvalue weighted by molar-refractivity contribution is -0.0938. The van der Waals surface area contributed by atoms with E-state index in [4.69, 9.17) is 10.5 Å². The van der Waals surface area contributed by atoms with E-state index in [-0.39, 0.29) is 41.9 Å². The topological polar surface area (TPSA) is 85.8 Å². The molecule has 1 saturated carbocycles. The molecule has 1 amide bonds. The van der Waals surface area contributed by atoms with E-state index in [0.717, 1.165) is 29.5 Å². The summed E-state index contributed by atoms with van der Waals surface area (Å²) in [7, 11) is 0. The number of halogens is 2. The van der Waals surface area contributed by atoms with Crippen LogP contribution in [0, 0.1) is 11.6 Å². The number of ether oxygens (including phenoxy) is 1. The summed E-state index contributed by atoms with van der Waals surface area (Å²) in [6.45, 7) is 2.18. The number of aromatic nitrogens is 3. The molecule has 7 nitrogen and oxygen atoms in total. The first-order chi connectivity index (χ1) is 16.9. The molecular formula is C26H23F2N5O2. The molecule has 2 aromatic heterocycles. The molecule has 3 atom stereocenters. The molecule has 35 heavy (non-hydrogen) atoms. The molecule has 7 rings (SSSR count). The molecule has 2 aliphatic carbocycles. The highest BCUT2D eigenvalue weighted by atomic mass is 19.1. The number of nitrogens with two attached hydrogens (primary N) is 1. The van der Waals surface area contributed by atoms with Crippen LogP contribution in [-0.4, -0.2) is 43.9 Å². The van der Waals surface area contributed by atoms with Crippen LogP contribution in [-0.2, 0) is 11.2 Å². The molecule has 178 valence electrons. The van der Waals surface area contributed by atoms with Crippen LogP contribution in [0.15, 0.2) is 36.8 Å². The van der Waals surface area contributed by atoms with Gasteiger partial charge in [0, 0.05) is 19.0 Å². The number of hydrogen-bond acceptors (Lipinski definition) is 5. The molecule has 3 heterocycles. The second-order valence-corrected chi connectivity index (χ2v) is 9.91. The molecule has 0 unspecified atom stereocenters. The molecule has 2 N–H and O–H groups in total. The maximum atomic E-state index is 15.3. The van der Waals surface area contributed by atoms with Crippen molar-refractivity contribution in [2.75, 3.05) is 12.3 Å². The van der Waals surface area contributed by atoms with E-state index >= 15 is 4.39 Å². The summed E-state index contributed by atoms with van der Waals surface area (Å²) in [6, 6.07) is 5.76. The average molecular weight is 475 g/mol. The third kappa shape index (κ3) is 3.07. The molecule has 2 fully saturated rings. The summed E-state index contributed by atoms with van der Waals surface area (Å²) in [4.78, 5) is 23.9. The summed E-state index contributed by atoms with van der Waals surface area (Å²) in [5, 5.41) is 0. The molecule has 0 spiro atoms. The van der Waals surface area contributed by atoms with Crippen LogP contribution in [0.4, 0.5) is 14.6 Å². The Morgan fingerprint density at radius 2 is 1.94 bits per heavy atom. The normalized spacial score (nSPS) is 23.6. The minimum absolute atomic E-state index is 0.0737. The maximum Gasteiger partial charge on any atom is 0.257 e. The van der Waals surface area contributed by atoms with Gasteiger partial charge >= 0.3 is 0 Å². The van der Waals surface area contributed by atoms with Gasteiger partial charge in [-0.25, -0.2) is 18.7 Å². The highest BCUT2D eigenvalue weighted by Gasteiger charge is 2.45. The SMILES string of the molecule is C[C@H]1CN(C(=O)c2cc3c(cc2F)nc(N)c2cncn23)[C@H]2c3cc(F)c(C4CC4)cc3C[C@H]2O1. The Labute approximate surface area is 199 Å². The first-order valence-electron chi connectivity index (χ1n) is 11.9. The van der Waals surface area contributed by atoms with Gasteiger partial charge in [-0.3, -0.25) is 9.20 Å². The van der Waals surface area contributed by atoms with Gasteiger partial charge in [-0.1, -0.05) is 6.07 Å².